The maximum Gasteiger partial charge on any atom is 0.254 e. The van der Waals surface area contributed by atoms with E-state index in [1.165, 1.54) is 12.1 Å². The van der Waals surface area contributed by atoms with E-state index in [0.29, 0.717) is 23.0 Å². The first-order valence-electron chi connectivity index (χ1n) is 6.97. The summed E-state index contributed by atoms with van der Waals surface area (Å²) in [7, 11) is 0. The van der Waals surface area contributed by atoms with Gasteiger partial charge in [-0.3, -0.25) is 4.79 Å². The van der Waals surface area contributed by atoms with Crippen LogP contribution in [0.2, 0.25) is 0 Å². The molecule has 3 heteroatoms. The van der Waals surface area contributed by atoms with Crippen LogP contribution in [-0.2, 0) is 0 Å². The number of aryl methyl sites for hydroxylation is 1. The second-order valence-corrected chi connectivity index (χ2v) is 5.98. The summed E-state index contributed by atoms with van der Waals surface area (Å²) in [5.41, 5.74) is 1.33. The van der Waals surface area contributed by atoms with Crippen LogP contribution >= 0.6 is 0 Å². The molecule has 0 N–H and O–H groups in total. The Kier molecular flexibility index (Phi) is 3.93. The predicted octanol–water partition coefficient (Wildman–Crippen LogP) is 3.64. The van der Waals surface area contributed by atoms with Crippen LogP contribution in [0.1, 0.15) is 43.1 Å². The van der Waals surface area contributed by atoms with E-state index in [1.54, 1.807) is 13.0 Å². The van der Waals surface area contributed by atoms with E-state index in [9.17, 15) is 9.18 Å². The molecular weight excluding hydrogens is 241 g/mol. The van der Waals surface area contributed by atoms with Gasteiger partial charge in [-0.25, -0.2) is 4.39 Å². The summed E-state index contributed by atoms with van der Waals surface area (Å²) >= 11 is 0. The van der Waals surface area contributed by atoms with Crippen LogP contribution in [0.3, 0.4) is 0 Å². The number of nitrogens with zero attached hydrogens (tertiary/aromatic N) is 1. The summed E-state index contributed by atoms with van der Waals surface area (Å²) in [5, 5.41) is 0. The number of likely N-dealkylation sites (tertiary alicyclic amines) is 1. The Bertz CT molecular complexity index is 486. The second kappa shape index (κ2) is 5.32. The van der Waals surface area contributed by atoms with Gasteiger partial charge in [0, 0.05) is 18.2 Å². The van der Waals surface area contributed by atoms with E-state index >= 15 is 0 Å². The lowest BCUT2D eigenvalue weighted by Gasteiger charge is -2.41. The first kappa shape index (κ1) is 14.0. The van der Waals surface area contributed by atoms with Crippen molar-refractivity contribution in [3.05, 3.63) is 35.1 Å². The Morgan fingerprint density at radius 2 is 2.00 bits per heavy atom. The molecule has 1 saturated heterocycles. The summed E-state index contributed by atoms with van der Waals surface area (Å²) in [6.07, 6.45) is 1.16. The van der Waals surface area contributed by atoms with Crippen LogP contribution in [0.25, 0.3) is 0 Å². The topological polar surface area (TPSA) is 20.3 Å². The van der Waals surface area contributed by atoms with E-state index in [1.807, 2.05) is 4.90 Å². The Labute approximate surface area is 114 Å². The maximum absolute atomic E-state index is 13.1. The third kappa shape index (κ3) is 2.80. The fraction of sp³-hybridized carbons (Fsp3) is 0.562. The van der Waals surface area contributed by atoms with Gasteiger partial charge in [0.1, 0.15) is 5.82 Å². The van der Waals surface area contributed by atoms with Gasteiger partial charge >= 0.3 is 0 Å². The van der Waals surface area contributed by atoms with Crippen molar-refractivity contribution >= 4 is 5.91 Å². The fourth-order valence-corrected chi connectivity index (χ4v) is 3.01. The van der Waals surface area contributed by atoms with Gasteiger partial charge in [0.2, 0.25) is 0 Å². The smallest absolute Gasteiger partial charge is 0.254 e. The van der Waals surface area contributed by atoms with E-state index in [2.05, 4.69) is 20.8 Å². The third-order valence-electron chi connectivity index (χ3n) is 4.28. The van der Waals surface area contributed by atoms with Crippen LogP contribution < -0.4 is 0 Å². The fourth-order valence-electron chi connectivity index (χ4n) is 3.01. The summed E-state index contributed by atoms with van der Waals surface area (Å²) in [4.78, 5) is 14.6. The number of benzene rings is 1. The van der Waals surface area contributed by atoms with E-state index < -0.39 is 0 Å². The quantitative estimate of drug-likeness (QED) is 0.757. The molecule has 2 nitrogen and oxygen atoms in total. The maximum atomic E-state index is 13.1. The molecule has 1 aromatic rings. The summed E-state index contributed by atoms with van der Waals surface area (Å²) < 4.78 is 13.1. The number of amides is 1. The normalized spacial score (nSPS) is 27.4. The second-order valence-electron chi connectivity index (χ2n) is 5.98. The monoisotopic (exact) mass is 263 g/mol. The Balaban J connectivity index is 2.27. The van der Waals surface area contributed by atoms with Gasteiger partial charge in [0.25, 0.3) is 5.91 Å². The molecule has 1 heterocycles. The zero-order valence-corrected chi connectivity index (χ0v) is 12.1. The van der Waals surface area contributed by atoms with Crippen LogP contribution in [0.5, 0.6) is 0 Å². The molecule has 0 aromatic heterocycles. The highest BCUT2D eigenvalue weighted by Gasteiger charge is 2.32. The Morgan fingerprint density at radius 1 is 1.32 bits per heavy atom. The highest BCUT2D eigenvalue weighted by atomic mass is 19.1. The molecule has 0 aliphatic carbocycles. The summed E-state index contributed by atoms with van der Waals surface area (Å²) in [5.74, 6) is 0.773. The van der Waals surface area contributed by atoms with Crippen molar-refractivity contribution in [2.75, 3.05) is 6.54 Å². The van der Waals surface area contributed by atoms with Crippen LogP contribution in [0, 0.1) is 24.6 Å². The number of carbonyl (C=O) groups is 1. The SMILES string of the molecule is Cc1cc(F)ccc1C(=O)N1CC(C)CC(C)C1C. The highest BCUT2D eigenvalue weighted by molar-refractivity contribution is 5.95. The molecule has 1 aliphatic heterocycles. The summed E-state index contributed by atoms with van der Waals surface area (Å²) in [6.45, 7) is 9.06. The zero-order valence-electron chi connectivity index (χ0n) is 12.1. The van der Waals surface area contributed by atoms with Gasteiger partial charge in [0.15, 0.2) is 0 Å². The van der Waals surface area contributed by atoms with Crippen molar-refractivity contribution in [3.8, 4) is 0 Å². The van der Waals surface area contributed by atoms with E-state index in [-0.39, 0.29) is 17.8 Å². The van der Waals surface area contributed by atoms with Gasteiger partial charge in [-0.15, -0.1) is 0 Å². The number of rotatable bonds is 1. The Hall–Kier alpha value is -1.38. The van der Waals surface area contributed by atoms with Crippen molar-refractivity contribution in [2.24, 2.45) is 11.8 Å². The minimum atomic E-state index is -0.289. The predicted molar refractivity (Wildman–Crippen MR) is 74.6 cm³/mol. The molecule has 19 heavy (non-hydrogen) atoms. The third-order valence-corrected chi connectivity index (χ3v) is 4.28. The number of carbonyl (C=O) groups excluding carboxylic acids is 1. The van der Waals surface area contributed by atoms with E-state index in [4.69, 9.17) is 0 Å². The van der Waals surface area contributed by atoms with Crippen molar-refractivity contribution in [1.82, 2.24) is 4.90 Å². The molecule has 1 aromatic carbocycles. The molecule has 0 bridgehead atoms. The first-order valence-corrected chi connectivity index (χ1v) is 6.97. The molecule has 3 atom stereocenters. The van der Waals surface area contributed by atoms with Crippen LogP contribution in [0.4, 0.5) is 4.39 Å². The first-order chi connectivity index (χ1) is 8.90. The molecule has 3 unspecified atom stereocenters. The average Bonchev–Trinajstić information content (AvgIpc) is 2.33. The minimum absolute atomic E-state index is 0.0309. The number of hydrogen-bond acceptors (Lipinski definition) is 1. The van der Waals surface area contributed by atoms with Gasteiger partial charge in [-0.2, -0.15) is 0 Å². The molecule has 1 fully saturated rings. The number of piperidine rings is 1. The van der Waals surface area contributed by atoms with Crippen molar-refractivity contribution < 1.29 is 9.18 Å². The molecule has 2 rings (SSSR count). The molecular formula is C16H22FNO. The van der Waals surface area contributed by atoms with Gasteiger partial charge < -0.3 is 4.90 Å². The molecule has 0 spiro atoms. The lowest BCUT2D eigenvalue weighted by Crippen LogP contribution is -2.49. The largest absolute Gasteiger partial charge is 0.335 e. The number of hydrogen-bond donors (Lipinski definition) is 0. The molecule has 1 amide bonds. The molecule has 104 valence electrons. The highest BCUT2D eigenvalue weighted by Crippen LogP contribution is 2.28. The molecule has 1 aliphatic rings. The van der Waals surface area contributed by atoms with Gasteiger partial charge in [-0.1, -0.05) is 13.8 Å². The minimum Gasteiger partial charge on any atom is -0.335 e. The number of halogens is 1. The van der Waals surface area contributed by atoms with Crippen LogP contribution in [0.15, 0.2) is 18.2 Å². The lowest BCUT2D eigenvalue weighted by atomic mass is 9.85. The lowest BCUT2D eigenvalue weighted by molar-refractivity contribution is 0.0455. The molecule has 0 saturated carbocycles. The van der Waals surface area contributed by atoms with Gasteiger partial charge in [-0.05, 0) is 55.9 Å². The zero-order chi connectivity index (χ0) is 14.2. The average molecular weight is 263 g/mol. The standard InChI is InChI=1S/C16H22FNO/c1-10-7-11(2)13(4)18(9-10)16(19)15-6-5-14(17)8-12(15)3/h5-6,8,10-11,13H,7,9H2,1-4H3. The van der Waals surface area contributed by atoms with E-state index in [0.717, 1.165) is 13.0 Å². The Morgan fingerprint density at radius 3 is 2.63 bits per heavy atom. The van der Waals surface area contributed by atoms with Gasteiger partial charge in [0.05, 0.1) is 0 Å². The molecule has 0 radical (unpaired) electrons. The summed E-state index contributed by atoms with van der Waals surface area (Å²) in [6, 6.07) is 4.63. The van der Waals surface area contributed by atoms with Crippen molar-refractivity contribution in [3.63, 3.8) is 0 Å². The van der Waals surface area contributed by atoms with Crippen molar-refractivity contribution in [2.45, 2.75) is 40.2 Å². The van der Waals surface area contributed by atoms with Crippen molar-refractivity contribution in [1.29, 1.82) is 0 Å². The van der Waals surface area contributed by atoms with Crippen LogP contribution in [-0.4, -0.2) is 23.4 Å².